The summed E-state index contributed by atoms with van der Waals surface area (Å²) in [6.07, 6.45) is 1.86. The smallest absolute Gasteiger partial charge is 0.148 e. The number of nitrogens with zero attached hydrogens (tertiary/aromatic N) is 3. The first kappa shape index (κ1) is 44.6. The molecule has 7 aromatic carbocycles. The van der Waals surface area contributed by atoms with Gasteiger partial charge in [-0.25, -0.2) is 4.98 Å². The van der Waals surface area contributed by atoms with E-state index in [0.717, 1.165) is 94.4 Å². The van der Waals surface area contributed by atoms with Gasteiger partial charge in [0.15, 0.2) is 0 Å². The van der Waals surface area contributed by atoms with Crippen molar-refractivity contribution in [3.8, 4) is 67.5 Å². The molecule has 332 valence electrons. The van der Waals surface area contributed by atoms with Crippen LogP contribution in [0.25, 0.3) is 94.7 Å². The Morgan fingerprint density at radius 3 is 1.92 bits per heavy atom. The summed E-state index contributed by atoms with van der Waals surface area (Å²) in [5, 5.41) is 14.6. The van der Waals surface area contributed by atoms with Gasteiger partial charge < -0.3 is 9.52 Å². The Bertz CT molecular complexity index is 3430. The Hall–Kier alpha value is -6.55. The van der Waals surface area contributed by atoms with Crippen molar-refractivity contribution < 1.29 is 30.6 Å². The average molecular weight is 1040 g/mol. The fourth-order valence-electron chi connectivity index (χ4n) is 9.10. The number of fused-ring (bicyclic) bond motifs is 4. The van der Waals surface area contributed by atoms with Crippen molar-refractivity contribution in [1.29, 1.82) is 0 Å². The normalized spacial score (nSPS) is 12.3. The van der Waals surface area contributed by atoms with Crippen LogP contribution in [-0.4, -0.2) is 19.6 Å². The third kappa shape index (κ3) is 7.98. The van der Waals surface area contributed by atoms with Gasteiger partial charge in [-0.3, -0.25) is 9.55 Å². The third-order valence-corrected chi connectivity index (χ3v) is 12.7. The maximum Gasteiger partial charge on any atom is 0.148 e. The van der Waals surface area contributed by atoms with E-state index in [1.54, 1.807) is 0 Å². The maximum absolute atomic E-state index is 12.6. The zero-order valence-corrected chi connectivity index (χ0v) is 41.3. The van der Waals surface area contributed by atoms with E-state index in [4.69, 9.17) is 14.4 Å². The number of phenols is 1. The van der Waals surface area contributed by atoms with Crippen LogP contribution >= 0.6 is 0 Å². The molecule has 0 fully saturated rings. The van der Waals surface area contributed by atoms with E-state index in [1.165, 1.54) is 5.56 Å². The van der Waals surface area contributed by atoms with Crippen LogP contribution in [0.4, 0.5) is 0 Å². The summed E-state index contributed by atoms with van der Waals surface area (Å²) in [6, 6.07) is 56.8. The number of furan rings is 1. The number of rotatable bonds is 6. The number of hydrogen-bond donors (Lipinski definition) is 1. The quantitative estimate of drug-likeness (QED) is 0.169. The Morgan fingerprint density at radius 2 is 1.23 bits per heavy atom. The zero-order chi connectivity index (χ0) is 45.4. The average Bonchev–Trinajstić information content (AvgIpc) is 3.87. The molecule has 0 radical (unpaired) electrons. The molecule has 0 unspecified atom stereocenters. The standard InChI is InChI=1S/C60H54N3O2.Pt/c1-58(2,3)41-27-28-50(45(34-41)38-21-14-11-15-22-38)63-51-25-18-24-43(55(51)62-57(63)47-35-42(59(4,5)6)36-48(56(47)64)60(7,8)9)46-31-40(33-53-54(46)44-23-16-17-26-52(44)65-53)49-32-39(29-30-61-49)37-19-12-10-13-20-37;/h10-30,32-36,64H,1-9H3;/q-1;. The van der Waals surface area contributed by atoms with Gasteiger partial charge in [0.1, 0.15) is 17.2 Å². The van der Waals surface area contributed by atoms with Crippen molar-refractivity contribution in [3.05, 3.63) is 181 Å². The molecule has 1 N–H and O–H groups in total. The first-order chi connectivity index (χ1) is 31.0. The SMILES string of the molecule is CC(C)(C)c1ccc(-n2c(-c3cc(C(C)(C)C)cc(C(C)(C)C)c3O)nc3c(-c4[c-]c(-c5cc(-c6ccccc6)ccn5)cc5oc6ccccc6c45)cccc32)c(-c2ccccc2)c1.[Pt]. The van der Waals surface area contributed by atoms with Crippen LogP contribution in [0, 0.1) is 6.07 Å². The number of aromatic hydroxyl groups is 1. The molecule has 3 aromatic heterocycles. The molecule has 0 aliphatic rings. The topological polar surface area (TPSA) is 64.1 Å². The van der Waals surface area contributed by atoms with E-state index in [9.17, 15) is 5.11 Å². The van der Waals surface area contributed by atoms with Gasteiger partial charge in [-0.1, -0.05) is 189 Å². The Balaban J connectivity index is 0.00000548. The fraction of sp³-hybridized carbons (Fsp3) is 0.200. The molecule has 0 aliphatic carbocycles. The summed E-state index contributed by atoms with van der Waals surface area (Å²) >= 11 is 0. The number of phenolic OH excluding ortho intramolecular Hbond substituents is 1. The van der Waals surface area contributed by atoms with Gasteiger partial charge >= 0.3 is 0 Å². The minimum absolute atomic E-state index is 0. The van der Waals surface area contributed by atoms with Gasteiger partial charge in [-0.05, 0) is 91.2 Å². The van der Waals surface area contributed by atoms with Crippen LogP contribution in [0.5, 0.6) is 5.75 Å². The molecule has 0 saturated heterocycles. The number of benzene rings is 7. The number of pyridine rings is 1. The van der Waals surface area contributed by atoms with Crippen LogP contribution in [-0.2, 0) is 37.3 Å². The zero-order valence-electron chi connectivity index (χ0n) is 39.0. The summed E-state index contributed by atoms with van der Waals surface area (Å²) < 4.78 is 8.94. The van der Waals surface area contributed by atoms with Crippen molar-refractivity contribution in [2.24, 2.45) is 0 Å². The first-order valence-corrected chi connectivity index (χ1v) is 22.5. The molecule has 5 nitrogen and oxygen atoms in total. The van der Waals surface area contributed by atoms with Crippen LogP contribution in [0.15, 0.2) is 162 Å². The molecule has 66 heavy (non-hydrogen) atoms. The van der Waals surface area contributed by atoms with Crippen LogP contribution in [0.2, 0.25) is 0 Å². The van der Waals surface area contributed by atoms with Crippen molar-refractivity contribution in [2.75, 3.05) is 0 Å². The molecule has 6 heteroatoms. The van der Waals surface area contributed by atoms with Crippen molar-refractivity contribution >= 4 is 33.0 Å². The Kier molecular flexibility index (Phi) is 11.3. The maximum atomic E-state index is 12.6. The van der Waals surface area contributed by atoms with Gasteiger partial charge in [-0.2, -0.15) is 0 Å². The summed E-state index contributed by atoms with van der Waals surface area (Å²) in [5.74, 6) is 0.890. The number of aromatic nitrogens is 3. The first-order valence-electron chi connectivity index (χ1n) is 22.5. The molecule has 0 spiro atoms. The summed E-state index contributed by atoms with van der Waals surface area (Å²) in [6.45, 7) is 19.9. The minimum Gasteiger partial charge on any atom is -0.507 e. The monoisotopic (exact) mass is 1040 g/mol. The Morgan fingerprint density at radius 1 is 0.561 bits per heavy atom. The van der Waals surface area contributed by atoms with Crippen molar-refractivity contribution in [2.45, 2.75) is 78.6 Å². The van der Waals surface area contributed by atoms with Gasteiger partial charge in [-0.15, -0.1) is 11.6 Å². The van der Waals surface area contributed by atoms with Gasteiger partial charge in [0, 0.05) is 44.1 Å². The molecular formula is C60H54N3O2Pt-. The third-order valence-electron chi connectivity index (χ3n) is 12.7. The van der Waals surface area contributed by atoms with Crippen LogP contribution in [0.1, 0.15) is 79.0 Å². The molecule has 0 bridgehead atoms. The molecule has 3 heterocycles. The number of para-hydroxylation sites is 2. The van der Waals surface area contributed by atoms with E-state index < -0.39 is 0 Å². The predicted molar refractivity (Wildman–Crippen MR) is 270 cm³/mol. The van der Waals surface area contributed by atoms with E-state index in [2.05, 4.69) is 200 Å². The van der Waals surface area contributed by atoms with Crippen molar-refractivity contribution in [1.82, 2.24) is 14.5 Å². The second-order valence-corrected chi connectivity index (χ2v) is 20.4. The number of hydrogen-bond acceptors (Lipinski definition) is 4. The van der Waals surface area contributed by atoms with E-state index in [0.29, 0.717) is 11.4 Å². The van der Waals surface area contributed by atoms with E-state index in [1.807, 2.05) is 30.5 Å². The predicted octanol–water partition coefficient (Wildman–Crippen LogP) is 16.1. The largest absolute Gasteiger partial charge is 0.507 e. The Labute approximate surface area is 402 Å². The van der Waals surface area contributed by atoms with E-state index in [-0.39, 0.29) is 43.1 Å². The summed E-state index contributed by atoms with van der Waals surface area (Å²) in [7, 11) is 0. The molecule has 0 saturated carbocycles. The molecule has 10 rings (SSSR count). The van der Waals surface area contributed by atoms with Crippen LogP contribution in [0.3, 0.4) is 0 Å². The molecular weight excluding hydrogens is 990 g/mol. The number of imidazole rings is 1. The van der Waals surface area contributed by atoms with Gasteiger partial charge in [0.2, 0.25) is 0 Å². The van der Waals surface area contributed by atoms with Gasteiger partial charge in [0.25, 0.3) is 0 Å². The second kappa shape index (κ2) is 16.7. The minimum atomic E-state index is -0.346. The molecule has 0 atom stereocenters. The van der Waals surface area contributed by atoms with Crippen LogP contribution < -0.4 is 0 Å². The molecule has 10 aromatic rings. The van der Waals surface area contributed by atoms with Gasteiger partial charge in [0.05, 0.1) is 27.9 Å². The summed E-state index contributed by atoms with van der Waals surface area (Å²) in [5.41, 5.74) is 15.2. The second-order valence-electron chi connectivity index (χ2n) is 20.4. The molecule has 0 amide bonds. The van der Waals surface area contributed by atoms with E-state index >= 15 is 0 Å². The van der Waals surface area contributed by atoms with Crippen molar-refractivity contribution in [3.63, 3.8) is 0 Å². The molecule has 0 aliphatic heterocycles. The fourth-order valence-corrected chi connectivity index (χ4v) is 9.10. The summed E-state index contributed by atoms with van der Waals surface area (Å²) in [4.78, 5) is 10.6.